The lowest BCUT2D eigenvalue weighted by molar-refractivity contribution is -0.384. The van der Waals surface area contributed by atoms with Crippen LogP contribution in [0.15, 0.2) is 29.2 Å². The molecule has 0 unspecified atom stereocenters. The zero-order valence-electron chi connectivity index (χ0n) is 10.3. The topological polar surface area (TPSA) is 88.9 Å². The van der Waals surface area contributed by atoms with E-state index in [4.69, 9.17) is 5.26 Å². The summed E-state index contributed by atoms with van der Waals surface area (Å²) in [4.78, 5) is 22.2. The Labute approximate surface area is 108 Å². The molecule has 1 aromatic carbocycles. The predicted molar refractivity (Wildman–Crippen MR) is 69.9 cm³/mol. The van der Waals surface area contributed by atoms with Gasteiger partial charge in [-0.1, -0.05) is 6.92 Å². The van der Waals surface area contributed by atoms with Crippen molar-refractivity contribution in [2.24, 2.45) is 0 Å². The van der Waals surface area contributed by atoms with Crippen molar-refractivity contribution in [2.45, 2.75) is 19.9 Å². The van der Waals surface area contributed by atoms with Gasteiger partial charge in [-0.3, -0.25) is 14.9 Å². The summed E-state index contributed by atoms with van der Waals surface area (Å²) in [5.74, 6) is 0. The van der Waals surface area contributed by atoms with Crippen LogP contribution in [0, 0.1) is 21.4 Å². The standard InChI is InChI=1S/C13H11N3O3/c1-2-5-15-8-9(7-14)13(17)11-6-10(16(18)19)3-4-12(11)15/h3-4,6,8H,2,5H2,1H3. The number of pyridine rings is 1. The van der Waals surface area contributed by atoms with E-state index >= 15 is 0 Å². The molecule has 2 aromatic rings. The zero-order chi connectivity index (χ0) is 14.0. The molecule has 0 fully saturated rings. The fourth-order valence-corrected chi connectivity index (χ4v) is 2.00. The second-order valence-electron chi connectivity index (χ2n) is 4.14. The maximum atomic E-state index is 12.0. The zero-order valence-corrected chi connectivity index (χ0v) is 10.3. The molecule has 0 aliphatic rings. The van der Waals surface area contributed by atoms with Crippen LogP contribution in [0.3, 0.4) is 0 Å². The summed E-state index contributed by atoms with van der Waals surface area (Å²) in [5, 5.41) is 19.9. The number of non-ortho nitro benzene ring substituents is 1. The Morgan fingerprint density at radius 3 is 2.79 bits per heavy atom. The number of hydrogen-bond donors (Lipinski definition) is 0. The minimum atomic E-state index is -0.553. The Morgan fingerprint density at radius 1 is 1.47 bits per heavy atom. The molecule has 0 spiro atoms. The lowest BCUT2D eigenvalue weighted by Gasteiger charge is -2.10. The molecule has 0 aliphatic heterocycles. The first-order valence-electron chi connectivity index (χ1n) is 5.80. The average Bonchev–Trinajstić information content (AvgIpc) is 2.41. The lowest BCUT2D eigenvalue weighted by atomic mass is 10.1. The third-order valence-corrected chi connectivity index (χ3v) is 2.86. The van der Waals surface area contributed by atoms with Crippen LogP contribution in [0.5, 0.6) is 0 Å². The number of fused-ring (bicyclic) bond motifs is 1. The number of rotatable bonds is 3. The van der Waals surface area contributed by atoms with E-state index in [1.54, 1.807) is 10.6 Å². The van der Waals surface area contributed by atoms with Gasteiger partial charge in [0.05, 0.1) is 15.8 Å². The number of benzene rings is 1. The highest BCUT2D eigenvalue weighted by molar-refractivity contribution is 5.82. The highest BCUT2D eigenvalue weighted by Gasteiger charge is 2.13. The quantitative estimate of drug-likeness (QED) is 0.622. The minimum absolute atomic E-state index is 0.00134. The molecule has 0 radical (unpaired) electrons. The van der Waals surface area contributed by atoms with Crippen LogP contribution >= 0.6 is 0 Å². The Hall–Kier alpha value is -2.68. The van der Waals surface area contributed by atoms with E-state index in [0.717, 1.165) is 6.42 Å². The highest BCUT2D eigenvalue weighted by atomic mass is 16.6. The number of nitrogens with zero attached hydrogens (tertiary/aromatic N) is 3. The van der Waals surface area contributed by atoms with Crippen LogP contribution in [0.1, 0.15) is 18.9 Å². The molecule has 0 bridgehead atoms. The van der Waals surface area contributed by atoms with Crippen LogP contribution in [0.25, 0.3) is 10.9 Å². The summed E-state index contributed by atoms with van der Waals surface area (Å²) in [5.41, 5.74) is -0.00538. The summed E-state index contributed by atoms with van der Waals surface area (Å²) in [6, 6.07) is 5.97. The average molecular weight is 257 g/mol. The van der Waals surface area contributed by atoms with E-state index in [1.165, 1.54) is 18.3 Å². The smallest absolute Gasteiger partial charge is 0.270 e. The Kier molecular flexibility index (Phi) is 3.29. The van der Waals surface area contributed by atoms with Gasteiger partial charge in [0.1, 0.15) is 11.6 Å². The largest absolute Gasteiger partial charge is 0.346 e. The van der Waals surface area contributed by atoms with Crippen LogP contribution in [0.2, 0.25) is 0 Å². The fourth-order valence-electron chi connectivity index (χ4n) is 2.00. The van der Waals surface area contributed by atoms with E-state index in [-0.39, 0.29) is 16.6 Å². The lowest BCUT2D eigenvalue weighted by Crippen LogP contribution is -2.13. The first-order chi connectivity index (χ1) is 9.08. The molecule has 6 nitrogen and oxygen atoms in total. The van der Waals surface area contributed by atoms with Crippen molar-refractivity contribution in [2.75, 3.05) is 0 Å². The van der Waals surface area contributed by atoms with Crippen molar-refractivity contribution in [3.05, 3.63) is 50.3 Å². The number of nitriles is 1. The van der Waals surface area contributed by atoms with Crippen molar-refractivity contribution in [1.29, 1.82) is 5.26 Å². The predicted octanol–water partition coefficient (Wildman–Crippen LogP) is 2.19. The van der Waals surface area contributed by atoms with Crippen molar-refractivity contribution < 1.29 is 4.92 Å². The van der Waals surface area contributed by atoms with Gasteiger partial charge in [0.2, 0.25) is 5.43 Å². The normalized spacial score (nSPS) is 10.3. The summed E-state index contributed by atoms with van der Waals surface area (Å²) in [7, 11) is 0. The Bertz CT molecular complexity index is 756. The van der Waals surface area contributed by atoms with Crippen molar-refractivity contribution in [1.82, 2.24) is 4.57 Å². The van der Waals surface area contributed by atoms with Crippen LogP contribution in [-0.2, 0) is 6.54 Å². The second kappa shape index (κ2) is 4.90. The Morgan fingerprint density at radius 2 is 2.21 bits per heavy atom. The molecule has 0 aliphatic carbocycles. The van der Waals surface area contributed by atoms with Gasteiger partial charge in [0, 0.05) is 24.9 Å². The molecule has 1 aromatic heterocycles. The molecular formula is C13H11N3O3. The first-order valence-corrected chi connectivity index (χ1v) is 5.80. The molecular weight excluding hydrogens is 246 g/mol. The van der Waals surface area contributed by atoms with Gasteiger partial charge < -0.3 is 4.57 Å². The van der Waals surface area contributed by atoms with E-state index in [0.29, 0.717) is 12.1 Å². The van der Waals surface area contributed by atoms with Gasteiger partial charge >= 0.3 is 0 Å². The van der Waals surface area contributed by atoms with Gasteiger partial charge in [-0.05, 0) is 12.5 Å². The third kappa shape index (κ3) is 2.18. The van der Waals surface area contributed by atoms with E-state index < -0.39 is 10.4 Å². The number of nitro benzene ring substituents is 1. The molecule has 0 N–H and O–H groups in total. The van der Waals surface area contributed by atoms with Crippen LogP contribution < -0.4 is 5.43 Å². The van der Waals surface area contributed by atoms with E-state index in [9.17, 15) is 14.9 Å². The number of nitro groups is 1. The first kappa shape index (κ1) is 12.8. The minimum Gasteiger partial charge on any atom is -0.346 e. The summed E-state index contributed by atoms with van der Waals surface area (Å²) in [6.45, 7) is 2.62. The molecule has 0 saturated heterocycles. The molecule has 1 heterocycles. The highest BCUT2D eigenvalue weighted by Crippen LogP contribution is 2.19. The number of aryl methyl sites for hydroxylation is 1. The van der Waals surface area contributed by atoms with Crippen molar-refractivity contribution in [3.63, 3.8) is 0 Å². The second-order valence-corrected chi connectivity index (χ2v) is 4.14. The van der Waals surface area contributed by atoms with E-state index in [2.05, 4.69) is 0 Å². The number of hydrogen-bond acceptors (Lipinski definition) is 4. The van der Waals surface area contributed by atoms with Gasteiger partial charge in [0.15, 0.2) is 0 Å². The van der Waals surface area contributed by atoms with Crippen molar-refractivity contribution >= 4 is 16.6 Å². The number of aromatic nitrogens is 1. The van der Waals surface area contributed by atoms with Gasteiger partial charge in [0.25, 0.3) is 5.69 Å². The van der Waals surface area contributed by atoms with Gasteiger partial charge in [-0.2, -0.15) is 5.26 Å². The molecule has 2 rings (SSSR count). The monoisotopic (exact) mass is 257 g/mol. The summed E-state index contributed by atoms with van der Waals surface area (Å²) in [6.07, 6.45) is 2.33. The summed E-state index contributed by atoms with van der Waals surface area (Å²) >= 11 is 0. The molecule has 19 heavy (non-hydrogen) atoms. The summed E-state index contributed by atoms with van der Waals surface area (Å²) < 4.78 is 1.78. The van der Waals surface area contributed by atoms with E-state index in [1.807, 2.05) is 13.0 Å². The van der Waals surface area contributed by atoms with Crippen LogP contribution in [0.4, 0.5) is 5.69 Å². The SMILES string of the molecule is CCCn1cc(C#N)c(=O)c2cc([N+](=O)[O-])ccc21. The molecule has 0 atom stereocenters. The van der Waals surface area contributed by atoms with Gasteiger partial charge in [-0.15, -0.1) is 0 Å². The fraction of sp³-hybridized carbons (Fsp3) is 0.231. The molecule has 0 saturated carbocycles. The maximum Gasteiger partial charge on any atom is 0.270 e. The molecule has 0 amide bonds. The maximum absolute atomic E-state index is 12.0. The van der Waals surface area contributed by atoms with Gasteiger partial charge in [-0.25, -0.2) is 0 Å². The third-order valence-electron chi connectivity index (χ3n) is 2.86. The van der Waals surface area contributed by atoms with Crippen molar-refractivity contribution in [3.8, 4) is 6.07 Å². The van der Waals surface area contributed by atoms with Crippen LogP contribution in [-0.4, -0.2) is 9.49 Å². The molecule has 6 heteroatoms. The molecule has 96 valence electrons. The Balaban J connectivity index is 2.86.